The summed E-state index contributed by atoms with van der Waals surface area (Å²) in [6.07, 6.45) is 4.25. The van der Waals surface area contributed by atoms with E-state index in [-0.39, 0.29) is 6.10 Å². The lowest BCUT2D eigenvalue weighted by molar-refractivity contribution is 0.174. The molecule has 0 amide bonds. The van der Waals surface area contributed by atoms with Crippen LogP contribution < -0.4 is 4.90 Å². The van der Waals surface area contributed by atoms with Crippen molar-refractivity contribution < 1.29 is 5.11 Å². The Bertz CT molecular complexity index is 449. The summed E-state index contributed by atoms with van der Waals surface area (Å²) >= 11 is 0. The number of para-hydroxylation sites is 1. The lowest BCUT2D eigenvalue weighted by Gasteiger charge is -2.30. The van der Waals surface area contributed by atoms with Crippen LogP contribution in [0, 0.1) is 11.3 Å². The minimum Gasteiger partial charge on any atom is -0.388 e. The van der Waals surface area contributed by atoms with Crippen molar-refractivity contribution in [3.63, 3.8) is 0 Å². The number of nitrogens with zero attached hydrogens (tertiary/aromatic N) is 1. The molecule has 1 aromatic rings. The van der Waals surface area contributed by atoms with Gasteiger partial charge in [0.25, 0.3) is 0 Å². The molecule has 1 fully saturated rings. The molecule has 0 aromatic heterocycles. The SMILES string of the molecule is CCC(O)c1ccccc1N1CCCC(C(C)(C)C)CC1. The van der Waals surface area contributed by atoms with E-state index in [0.29, 0.717) is 5.41 Å². The number of rotatable bonds is 3. The van der Waals surface area contributed by atoms with Gasteiger partial charge in [-0.25, -0.2) is 0 Å². The van der Waals surface area contributed by atoms with Gasteiger partial charge in [0.05, 0.1) is 6.10 Å². The van der Waals surface area contributed by atoms with Gasteiger partial charge >= 0.3 is 0 Å². The first kappa shape index (κ1) is 16.4. The van der Waals surface area contributed by atoms with E-state index in [9.17, 15) is 5.11 Å². The summed E-state index contributed by atoms with van der Waals surface area (Å²) in [7, 11) is 0. The third kappa shape index (κ3) is 4.00. The Labute approximate surface area is 130 Å². The molecule has 0 aliphatic carbocycles. The summed E-state index contributed by atoms with van der Waals surface area (Å²) in [5.41, 5.74) is 2.73. The molecule has 1 aliphatic heterocycles. The zero-order valence-corrected chi connectivity index (χ0v) is 14.1. The van der Waals surface area contributed by atoms with Crippen molar-refractivity contribution in [2.45, 2.75) is 59.5 Å². The Hall–Kier alpha value is -1.02. The normalized spacial score (nSPS) is 22.0. The number of aliphatic hydroxyl groups is 1. The third-order valence-electron chi connectivity index (χ3n) is 4.98. The van der Waals surface area contributed by atoms with Crippen molar-refractivity contribution in [3.8, 4) is 0 Å². The molecule has 118 valence electrons. The molecule has 2 atom stereocenters. The van der Waals surface area contributed by atoms with Gasteiger partial charge in [-0.3, -0.25) is 0 Å². The van der Waals surface area contributed by atoms with E-state index >= 15 is 0 Å². The highest BCUT2D eigenvalue weighted by molar-refractivity contribution is 5.54. The van der Waals surface area contributed by atoms with Crippen LogP contribution in [0.15, 0.2) is 24.3 Å². The van der Waals surface area contributed by atoms with Gasteiger partial charge in [-0.15, -0.1) is 0 Å². The summed E-state index contributed by atoms with van der Waals surface area (Å²) in [5.74, 6) is 0.797. The van der Waals surface area contributed by atoms with E-state index in [1.54, 1.807) is 0 Å². The number of anilines is 1. The quantitative estimate of drug-likeness (QED) is 0.865. The van der Waals surface area contributed by atoms with Gasteiger partial charge in [-0.2, -0.15) is 0 Å². The number of hydrogen-bond donors (Lipinski definition) is 1. The zero-order chi connectivity index (χ0) is 15.5. The fraction of sp³-hybridized carbons (Fsp3) is 0.684. The first-order chi connectivity index (χ1) is 9.93. The number of aliphatic hydroxyl groups excluding tert-OH is 1. The van der Waals surface area contributed by atoms with Crippen LogP contribution in [0.3, 0.4) is 0 Å². The van der Waals surface area contributed by atoms with E-state index in [4.69, 9.17) is 0 Å². The first-order valence-electron chi connectivity index (χ1n) is 8.45. The van der Waals surface area contributed by atoms with Gasteiger partial charge in [0.1, 0.15) is 0 Å². The molecule has 2 heteroatoms. The molecule has 2 rings (SSSR count). The second-order valence-electron chi connectivity index (χ2n) is 7.46. The predicted octanol–water partition coefficient (Wildman–Crippen LogP) is 4.78. The summed E-state index contributed by atoms with van der Waals surface area (Å²) in [6.45, 7) is 11.3. The van der Waals surface area contributed by atoms with E-state index in [2.05, 4.69) is 43.9 Å². The van der Waals surface area contributed by atoms with Crippen molar-refractivity contribution in [3.05, 3.63) is 29.8 Å². The van der Waals surface area contributed by atoms with Crippen LogP contribution in [0.5, 0.6) is 0 Å². The molecule has 1 saturated heterocycles. The molecular formula is C19H31NO. The van der Waals surface area contributed by atoms with Gasteiger partial charge in [0.2, 0.25) is 0 Å². The fourth-order valence-electron chi connectivity index (χ4n) is 3.48. The molecule has 0 saturated carbocycles. The molecule has 0 bridgehead atoms. The summed E-state index contributed by atoms with van der Waals surface area (Å²) in [5, 5.41) is 10.3. The Morgan fingerprint density at radius 3 is 2.57 bits per heavy atom. The average molecular weight is 289 g/mol. The van der Waals surface area contributed by atoms with Crippen molar-refractivity contribution in [2.24, 2.45) is 11.3 Å². The molecule has 1 N–H and O–H groups in total. The van der Waals surface area contributed by atoms with E-state index in [1.165, 1.54) is 24.9 Å². The minimum absolute atomic E-state index is 0.345. The van der Waals surface area contributed by atoms with Crippen LogP contribution in [0.1, 0.15) is 65.0 Å². The standard InChI is InChI=1S/C19H31NO/c1-5-18(21)16-10-6-7-11-17(16)20-13-8-9-15(12-14-20)19(2,3)4/h6-7,10-11,15,18,21H,5,8-9,12-14H2,1-4H3. The van der Waals surface area contributed by atoms with E-state index in [1.807, 2.05) is 13.0 Å². The lowest BCUT2D eigenvalue weighted by Crippen LogP contribution is -2.27. The highest BCUT2D eigenvalue weighted by Gasteiger charge is 2.27. The van der Waals surface area contributed by atoms with Gasteiger partial charge in [0.15, 0.2) is 0 Å². The predicted molar refractivity (Wildman–Crippen MR) is 90.7 cm³/mol. The Morgan fingerprint density at radius 1 is 1.19 bits per heavy atom. The maximum Gasteiger partial charge on any atom is 0.0807 e. The summed E-state index contributed by atoms with van der Waals surface area (Å²) in [6, 6.07) is 8.38. The molecule has 1 aliphatic rings. The maximum atomic E-state index is 10.3. The minimum atomic E-state index is -0.345. The van der Waals surface area contributed by atoms with Crippen molar-refractivity contribution in [2.75, 3.05) is 18.0 Å². The van der Waals surface area contributed by atoms with Crippen LogP contribution in [-0.2, 0) is 0 Å². The summed E-state index contributed by atoms with van der Waals surface area (Å²) < 4.78 is 0. The van der Waals surface area contributed by atoms with Crippen molar-refractivity contribution >= 4 is 5.69 Å². The topological polar surface area (TPSA) is 23.5 Å². The molecule has 0 radical (unpaired) electrons. The van der Waals surface area contributed by atoms with Gasteiger partial charge in [0, 0.05) is 24.3 Å². The van der Waals surface area contributed by atoms with Crippen LogP contribution in [-0.4, -0.2) is 18.2 Å². The molecule has 2 unspecified atom stereocenters. The van der Waals surface area contributed by atoms with Crippen molar-refractivity contribution in [1.29, 1.82) is 0 Å². The Balaban J connectivity index is 2.16. The molecule has 21 heavy (non-hydrogen) atoms. The van der Waals surface area contributed by atoms with E-state index < -0.39 is 0 Å². The number of hydrogen-bond acceptors (Lipinski definition) is 2. The van der Waals surface area contributed by atoms with Crippen LogP contribution >= 0.6 is 0 Å². The Kier molecular flexibility index (Phi) is 5.32. The van der Waals surface area contributed by atoms with E-state index in [0.717, 1.165) is 31.0 Å². The smallest absolute Gasteiger partial charge is 0.0807 e. The largest absolute Gasteiger partial charge is 0.388 e. The summed E-state index contributed by atoms with van der Waals surface area (Å²) in [4.78, 5) is 2.49. The van der Waals surface area contributed by atoms with Gasteiger partial charge in [-0.1, -0.05) is 45.9 Å². The average Bonchev–Trinajstić information content (AvgIpc) is 2.72. The van der Waals surface area contributed by atoms with Crippen LogP contribution in [0.2, 0.25) is 0 Å². The van der Waals surface area contributed by atoms with Crippen LogP contribution in [0.25, 0.3) is 0 Å². The van der Waals surface area contributed by atoms with Gasteiger partial charge < -0.3 is 10.0 Å². The maximum absolute atomic E-state index is 10.3. The fourth-order valence-corrected chi connectivity index (χ4v) is 3.48. The number of benzene rings is 1. The molecule has 1 aromatic carbocycles. The molecule has 1 heterocycles. The molecule has 0 spiro atoms. The third-order valence-corrected chi connectivity index (χ3v) is 4.98. The second kappa shape index (κ2) is 6.83. The first-order valence-corrected chi connectivity index (χ1v) is 8.45. The molecule has 2 nitrogen and oxygen atoms in total. The van der Waals surface area contributed by atoms with Crippen molar-refractivity contribution in [1.82, 2.24) is 0 Å². The highest BCUT2D eigenvalue weighted by atomic mass is 16.3. The zero-order valence-electron chi connectivity index (χ0n) is 14.1. The lowest BCUT2D eigenvalue weighted by atomic mass is 9.77. The highest BCUT2D eigenvalue weighted by Crippen LogP contribution is 2.36. The Morgan fingerprint density at radius 2 is 1.90 bits per heavy atom. The van der Waals surface area contributed by atoms with Crippen LogP contribution in [0.4, 0.5) is 5.69 Å². The molecular weight excluding hydrogens is 258 g/mol. The monoisotopic (exact) mass is 289 g/mol. The second-order valence-corrected chi connectivity index (χ2v) is 7.46. The van der Waals surface area contributed by atoms with Gasteiger partial charge in [-0.05, 0) is 43.1 Å².